The van der Waals surface area contributed by atoms with Crippen LogP contribution in [0.1, 0.15) is 140 Å². The Bertz CT molecular complexity index is 2000. The van der Waals surface area contributed by atoms with Gasteiger partial charge >= 0.3 is 5.97 Å². The Morgan fingerprint density at radius 2 is 1.82 bits per heavy atom. The van der Waals surface area contributed by atoms with E-state index in [1.807, 2.05) is 13.0 Å². The van der Waals surface area contributed by atoms with E-state index >= 15 is 0 Å². The number of aliphatic carboxylic acids is 1. The van der Waals surface area contributed by atoms with Gasteiger partial charge in [0.15, 0.2) is 5.78 Å². The molecule has 49 heavy (non-hydrogen) atoms. The third-order valence-electron chi connectivity index (χ3n) is 14.7. The van der Waals surface area contributed by atoms with Gasteiger partial charge in [-0.15, -0.1) is 0 Å². The zero-order valence-corrected chi connectivity index (χ0v) is 30.8. The number of allylic oxidation sites excluding steroid dienone is 2. The summed E-state index contributed by atoms with van der Waals surface area (Å²) >= 11 is 0. The fraction of sp³-hybridized carbons (Fsp3) is 0.581. The number of hydrogen-bond donors (Lipinski definition) is 2. The molecule has 4 aliphatic carbocycles. The van der Waals surface area contributed by atoms with Crippen LogP contribution in [0, 0.1) is 22.7 Å². The summed E-state index contributed by atoms with van der Waals surface area (Å²) in [6.07, 6.45) is 12.0. The number of ketones is 1. The molecule has 2 saturated carbocycles. The number of carboxylic acids is 1. The minimum atomic E-state index is -0.886. The van der Waals surface area contributed by atoms with E-state index in [4.69, 9.17) is 4.74 Å². The van der Waals surface area contributed by atoms with Gasteiger partial charge in [0.25, 0.3) is 0 Å². The molecule has 2 aromatic rings. The summed E-state index contributed by atoms with van der Waals surface area (Å²) in [5, 5.41) is 22.4. The number of aliphatic hydroxyl groups is 1. The van der Waals surface area contributed by atoms with E-state index in [9.17, 15) is 19.8 Å². The highest BCUT2D eigenvalue weighted by Crippen LogP contribution is 2.71. The second kappa shape index (κ2) is 9.97. The zero-order chi connectivity index (χ0) is 35.4. The lowest BCUT2D eigenvalue weighted by Gasteiger charge is -2.65. The van der Waals surface area contributed by atoms with Gasteiger partial charge in [0.2, 0.25) is 0 Å². The SMILES string of the molecule is C=C(C)[C@H]1C(=O)c2c3c(cc4c5c(n1c24)[C@@]1(C)[C@@H](CC[C@H]2[C@](C)(CCC=C(C)C(=O)O)[C@@H](O)CC[C@@]21C)C5)C1=CC(C)(C)OC(C)(C)C1=C3. The standard InChI is InChI=1S/C43H53NO5/c1-22(2)34-36(46)33-26-20-30-29(21-39(4,5)49-40(30,6)7)25(26)19-27-28-18-24-13-14-31-41(8,16-11-12-23(3)38(47)48)32(45)15-17-42(31,9)43(24,10)37(28)44(34)35(27)33/h12,19-21,24,31-32,34,45H,1,11,13-18H2,2-10H3,(H,47,48)/t24-,31-,32-,34-,41-,42-,43+/m0/s1. The molecule has 6 aliphatic rings. The number of benzene rings is 1. The van der Waals surface area contributed by atoms with Crippen molar-refractivity contribution in [1.82, 2.24) is 4.57 Å². The zero-order valence-electron chi connectivity index (χ0n) is 30.8. The van der Waals surface area contributed by atoms with Crippen LogP contribution in [0.3, 0.4) is 0 Å². The molecule has 0 unspecified atom stereocenters. The normalized spacial score (nSPS) is 36.4. The molecule has 2 N–H and O–H groups in total. The minimum Gasteiger partial charge on any atom is -0.478 e. The first-order valence-electron chi connectivity index (χ1n) is 18.5. The summed E-state index contributed by atoms with van der Waals surface area (Å²) in [4.78, 5) is 26.3. The van der Waals surface area contributed by atoms with Crippen molar-refractivity contribution in [2.45, 2.75) is 136 Å². The summed E-state index contributed by atoms with van der Waals surface area (Å²) in [6, 6.07) is 1.96. The van der Waals surface area contributed by atoms with Crippen LogP contribution in [0.15, 0.2) is 41.5 Å². The molecule has 8 rings (SSSR count). The molecule has 1 aromatic heterocycles. The molecular weight excluding hydrogens is 610 g/mol. The van der Waals surface area contributed by atoms with Crippen LogP contribution in [0.4, 0.5) is 0 Å². The molecule has 0 amide bonds. The summed E-state index contributed by atoms with van der Waals surface area (Å²) in [7, 11) is 0. The fourth-order valence-corrected chi connectivity index (χ4v) is 12.3. The van der Waals surface area contributed by atoms with Crippen molar-refractivity contribution in [3.8, 4) is 0 Å². The largest absolute Gasteiger partial charge is 0.478 e. The Morgan fingerprint density at radius 3 is 2.49 bits per heavy atom. The van der Waals surface area contributed by atoms with Crippen molar-refractivity contribution < 1.29 is 24.5 Å². The average Bonchev–Trinajstić information content (AvgIpc) is 3.69. The third-order valence-corrected chi connectivity index (χ3v) is 14.7. The van der Waals surface area contributed by atoms with Gasteiger partial charge in [0.05, 0.1) is 28.4 Å². The summed E-state index contributed by atoms with van der Waals surface area (Å²) in [6.45, 7) is 23.8. The van der Waals surface area contributed by atoms with Crippen LogP contribution in [-0.4, -0.2) is 43.8 Å². The average molecular weight is 664 g/mol. The molecule has 0 saturated heterocycles. The van der Waals surface area contributed by atoms with Gasteiger partial charge in [-0.1, -0.05) is 39.0 Å². The van der Waals surface area contributed by atoms with E-state index in [0.717, 1.165) is 71.9 Å². The van der Waals surface area contributed by atoms with Crippen LogP contribution in [0.5, 0.6) is 0 Å². The van der Waals surface area contributed by atoms with Crippen molar-refractivity contribution in [1.29, 1.82) is 0 Å². The minimum absolute atomic E-state index is 0.118. The number of carboxylic acid groups (broad SMARTS) is 1. The van der Waals surface area contributed by atoms with Crippen molar-refractivity contribution in [3.05, 3.63) is 69.5 Å². The maximum absolute atomic E-state index is 14.8. The number of Topliss-reactive ketones (excluding diaryl/α,β-unsaturated/α-hetero) is 1. The number of aliphatic hydroxyl groups excluding tert-OH is 1. The molecule has 6 heteroatoms. The maximum atomic E-state index is 14.8. The van der Waals surface area contributed by atoms with E-state index in [2.05, 4.69) is 77.8 Å². The second-order valence-electron chi connectivity index (χ2n) is 18.2. The Hall–Kier alpha value is -3.22. The van der Waals surface area contributed by atoms with Crippen LogP contribution >= 0.6 is 0 Å². The lowest BCUT2D eigenvalue weighted by molar-refractivity contribution is -0.166. The van der Waals surface area contributed by atoms with E-state index in [-0.39, 0.29) is 27.9 Å². The molecule has 1 aromatic carbocycles. The number of carbonyl (C=O) groups is 2. The van der Waals surface area contributed by atoms with Crippen LogP contribution in [0.25, 0.3) is 22.6 Å². The predicted molar refractivity (Wildman–Crippen MR) is 195 cm³/mol. The molecule has 2 fully saturated rings. The molecule has 0 radical (unpaired) electrons. The first-order chi connectivity index (χ1) is 22.8. The van der Waals surface area contributed by atoms with Crippen LogP contribution in [-0.2, 0) is 21.4 Å². The van der Waals surface area contributed by atoms with Gasteiger partial charge in [0, 0.05) is 22.1 Å². The molecule has 0 spiro atoms. The first-order valence-corrected chi connectivity index (χ1v) is 18.5. The second-order valence-corrected chi connectivity index (χ2v) is 18.2. The molecule has 2 aliphatic heterocycles. The first kappa shape index (κ1) is 33.0. The van der Waals surface area contributed by atoms with E-state index in [1.165, 1.54) is 22.2 Å². The number of fused-ring (bicyclic) bond motifs is 11. The van der Waals surface area contributed by atoms with Crippen molar-refractivity contribution in [3.63, 3.8) is 0 Å². The van der Waals surface area contributed by atoms with Gasteiger partial charge in [-0.05, 0) is 155 Å². The highest BCUT2D eigenvalue weighted by atomic mass is 16.5. The quantitative estimate of drug-likeness (QED) is 0.246. The summed E-state index contributed by atoms with van der Waals surface area (Å²) < 4.78 is 8.98. The van der Waals surface area contributed by atoms with Crippen LogP contribution < -0.4 is 0 Å². The monoisotopic (exact) mass is 663 g/mol. The van der Waals surface area contributed by atoms with Gasteiger partial charge < -0.3 is 19.5 Å². The van der Waals surface area contributed by atoms with Gasteiger partial charge in [-0.3, -0.25) is 4.79 Å². The molecular formula is C43H53NO5. The van der Waals surface area contributed by atoms with E-state index in [1.54, 1.807) is 6.92 Å². The maximum Gasteiger partial charge on any atom is 0.330 e. The predicted octanol–water partition coefficient (Wildman–Crippen LogP) is 9.14. The molecule has 3 heterocycles. The van der Waals surface area contributed by atoms with Crippen molar-refractivity contribution in [2.24, 2.45) is 22.7 Å². The van der Waals surface area contributed by atoms with Crippen LogP contribution in [0.2, 0.25) is 0 Å². The van der Waals surface area contributed by atoms with Crippen molar-refractivity contribution in [2.75, 3.05) is 0 Å². The number of hydrogen-bond acceptors (Lipinski definition) is 4. The fourth-order valence-electron chi connectivity index (χ4n) is 12.3. The smallest absolute Gasteiger partial charge is 0.330 e. The van der Waals surface area contributed by atoms with E-state index < -0.39 is 29.3 Å². The summed E-state index contributed by atoms with van der Waals surface area (Å²) in [5.74, 6) is -0.0430. The lowest BCUT2D eigenvalue weighted by atomic mass is 9.40. The van der Waals surface area contributed by atoms with Gasteiger partial charge in [-0.25, -0.2) is 4.79 Å². The van der Waals surface area contributed by atoms with E-state index in [0.29, 0.717) is 17.9 Å². The van der Waals surface area contributed by atoms with Gasteiger partial charge in [-0.2, -0.15) is 0 Å². The highest BCUT2D eigenvalue weighted by Gasteiger charge is 2.67. The lowest BCUT2D eigenvalue weighted by Crippen LogP contribution is -2.62. The topological polar surface area (TPSA) is 88.8 Å². The van der Waals surface area contributed by atoms with Gasteiger partial charge in [0.1, 0.15) is 6.04 Å². The molecule has 0 bridgehead atoms. The number of rotatable bonds is 5. The number of aromatic nitrogens is 1. The molecule has 7 atom stereocenters. The number of carbonyl (C=O) groups excluding carboxylic acids is 1. The summed E-state index contributed by atoms with van der Waals surface area (Å²) in [5.41, 5.74) is 8.82. The Labute approximate surface area is 291 Å². The molecule has 6 nitrogen and oxygen atoms in total. The number of ether oxygens (including phenoxy) is 1. The molecule has 260 valence electrons. The number of nitrogens with zero attached hydrogens (tertiary/aromatic N) is 1. The van der Waals surface area contributed by atoms with Crippen molar-refractivity contribution >= 4 is 34.3 Å². The Morgan fingerprint density at radius 1 is 1.10 bits per heavy atom. The Kier molecular flexibility index (Phi) is 6.71. The third kappa shape index (κ3) is 4.02. The Balaban J connectivity index is 1.33. The highest BCUT2D eigenvalue weighted by molar-refractivity contribution is 6.21.